The van der Waals surface area contributed by atoms with Crippen LogP contribution in [-0.4, -0.2) is 59.5 Å². The van der Waals surface area contributed by atoms with Gasteiger partial charge in [0, 0.05) is 38.5 Å². The van der Waals surface area contributed by atoms with Crippen LogP contribution in [0, 0.1) is 0 Å². The number of carbonyl (C=O) groups is 1. The van der Waals surface area contributed by atoms with E-state index in [-0.39, 0.29) is 12.7 Å². The molecule has 1 aromatic carbocycles. The summed E-state index contributed by atoms with van der Waals surface area (Å²) in [6.45, 7) is 2.71. The van der Waals surface area contributed by atoms with E-state index in [0.717, 1.165) is 17.0 Å². The number of benzene rings is 1. The number of rotatable bonds is 2. The van der Waals surface area contributed by atoms with Gasteiger partial charge in [-0.15, -0.1) is 0 Å². The first-order valence-electron chi connectivity index (χ1n) is 9.15. The molecular weight excluding hydrogens is 350 g/mol. The fourth-order valence-corrected chi connectivity index (χ4v) is 3.90. The van der Waals surface area contributed by atoms with Crippen LogP contribution in [0.5, 0.6) is 11.5 Å². The van der Waals surface area contributed by atoms with E-state index >= 15 is 0 Å². The molecule has 4 heterocycles. The molecule has 0 bridgehead atoms. The maximum Gasteiger partial charge on any atom is 0.274 e. The fourth-order valence-electron chi connectivity index (χ4n) is 3.90. The predicted molar refractivity (Wildman–Crippen MR) is 94.5 cm³/mol. The summed E-state index contributed by atoms with van der Waals surface area (Å²) in [5, 5.41) is 4.44. The fraction of sp³-hybridized carbons (Fsp3) is 0.474. The van der Waals surface area contributed by atoms with Crippen LogP contribution in [-0.2, 0) is 16.5 Å². The molecule has 8 heteroatoms. The van der Waals surface area contributed by atoms with Crippen LogP contribution in [0.4, 0.5) is 0 Å². The smallest absolute Gasteiger partial charge is 0.274 e. The molecule has 142 valence electrons. The Hall–Kier alpha value is -2.58. The van der Waals surface area contributed by atoms with Crippen LogP contribution in [0.1, 0.15) is 23.3 Å². The summed E-state index contributed by atoms with van der Waals surface area (Å²) in [5.41, 5.74) is 2.22. The Morgan fingerprint density at radius 2 is 1.81 bits per heavy atom. The quantitative estimate of drug-likeness (QED) is 0.801. The van der Waals surface area contributed by atoms with Crippen molar-refractivity contribution < 1.29 is 23.7 Å². The second-order valence-electron chi connectivity index (χ2n) is 7.01. The summed E-state index contributed by atoms with van der Waals surface area (Å²) in [7, 11) is 1.84. The van der Waals surface area contributed by atoms with Gasteiger partial charge in [0.15, 0.2) is 23.0 Å². The summed E-state index contributed by atoms with van der Waals surface area (Å²) >= 11 is 0. The van der Waals surface area contributed by atoms with E-state index in [0.29, 0.717) is 50.6 Å². The lowest BCUT2D eigenvalue weighted by atomic mass is 10.0. The number of fused-ring (bicyclic) bond motifs is 1. The maximum atomic E-state index is 12.9. The molecule has 2 fully saturated rings. The number of likely N-dealkylation sites (tertiary alicyclic amines) is 1. The van der Waals surface area contributed by atoms with Crippen LogP contribution in [0.2, 0.25) is 0 Å². The van der Waals surface area contributed by atoms with Crippen LogP contribution in [0.3, 0.4) is 0 Å². The lowest BCUT2D eigenvalue weighted by molar-refractivity contribution is -0.181. The van der Waals surface area contributed by atoms with E-state index in [1.165, 1.54) is 0 Å². The average molecular weight is 371 g/mol. The van der Waals surface area contributed by atoms with Gasteiger partial charge in [0.05, 0.1) is 18.9 Å². The summed E-state index contributed by atoms with van der Waals surface area (Å²) in [5.74, 6) is 0.888. The number of nitrogens with zero attached hydrogens (tertiary/aromatic N) is 3. The van der Waals surface area contributed by atoms with Gasteiger partial charge >= 0.3 is 0 Å². The molecule has 2 saturated heterocycles. The third kappa shape index (κ3) is 2.85. The summed E-state index contributed by atoms with van der Waals surface area (Å²) in [4.78, 5) is 14.7. The van der Waals surface area contributed by atoms with Gasteiger partial charge in [-0.1, -0.05) is 0 Å². The Morgan fingerprint density at radius 3 is 2.59 bits per heavy atom. The molecule has 1 amide bonds. The average Bonchev–Trinajstić information content (AvgIpc) is 3.41. The molecular formula is C19H21N3O5. The van der Waals surface area contributed by atoms with E-state index in [2.05, 4.69) is 5.10 Å². The van der Waals surface area contributed by atoms with Crippen molar-refractivity contribution in [1.82, 2.24) is 14.7 Å². The van der Waals surface area contributed by atoms with E-state index in [1.54, 1.807) is 4.68 Å². The van der Waals surface area contributed by atoms with Crippen molar-refractivity contribution in [3.8, 4) is 22.8 Å². The van der Waals surface area contributed by atoms with Crippen molar-refractivity contribution in [1.29, 1.82) is 0 Å². The number of aromatic nitrogens is 2. The highest BCUT2D eigenvalue weighted by molar-refractivity contribution is 5.93. The molecule has 0 unspecified atom stereocenters. The first kappa shape index (κ1) is 16.6. The number of carbonyl (C=O) groups excluding carboxylic acids is 1. The number of amides is 1. The van der Waals surface area contributed by atoms with Gasteiger partial charge in [-0.2, -0.15) is 5.10 Å². The molecule has 3 aliphatic rings. The molecule has 0 saturated carbocycles. The third-order valence-electron chi connectivity index (χ3n) is 5.39. The highest BCUT2D eigenvalue weighted by Gasteiger charge is 2.41. The molecule has 27 heavy (non-hydrogen) atoms. The number of ether oxygens (including phenoxy) is 4. The summed E-state index contributed by atoms with van der Waals surface area (Å²) < 4.78 is 24.0. The Labute approximate surface area is 156 Å². The molecule has 8 nitrogen and oxygen atoms in total. The number of piperidine rings is 1. The van der Waals surface area contributed by atoms with Gasteiger partial charge in [0.1, 0.15) is 0 Å². The highest BCUT2D eigenvalue weighted by Crippen LogP contribution is 2.36. The van der Waals surface area contributed by atoms with Crippen LogP contribution >= 0.6 is 0 Å². The molecule has 0 atom stereocenters. The minimum atomic E-state index is -0.488. The highest BCUT2D eigenvalue weighted by atomic mass is 16.7. The second kappa shape index (κ2) is 6.24. The summed E-state index contributed by atoms with van der Waals surface area (Å²) in [6, 6.07) is 7.55. The monoisotopic (exact) mass is 371 g/mol. The van der Waals surface area contributed by atoms with Gasteiger partial charge in [-0.05, 0) is 24.3 Å². The van der Waals surface area contributed by atoms with Gasteiger partial charge in [0.25, 0.3) is 5.91 Å². The van der Waals surface area contributed by atoms with Crippen molar-refractivity contribution in [3.63, 3.8) is 0 Å². The Balaban J connectivity index is 1.34. The lowest BCUT2D eigenvalue weighted by Crippen LogP contribution is -2.47. The lowest BCUT2D eigenvalue weighted by Gasteiger charge is -2.37. The van der Waals surface area contributed by atoms with Gasteiger partial charge < -0.3 is 23.8 Å². The Kier molecular flexibility index (Phi) is 3.84. The number of aryl methyl sites for hydroxylation is 1. The minimum absolute atomic E-state index is 0.0644. The van der Waals surface area contributed by atoms with Gasteiger partial charge in [0.2, 0.25) is 6.79 Å². The van der Waals surface area contributed by atoms with Crippen molar-refractivity contribution in [2.24, 2.45) is 7.05 Å². The van der Waals surface area contributed by atoms with Crippen molar-refractivity contribution in [2.45, 2.75) is 18.6 Å². The van der Waals surface area contributed by atoms with E-state index in [1.807, 2.05) is 36.2 Å². The zero-order valence-electron chi connectivity index (χ0n) is 15.1. The molecule has 3 aliphatic heterocycles. The van der Waals surface area contributed by atoms with Crippen LogP contribution in [0.15, 0.2) is 24.3 Å². The van der Waals surface area contributed by atoms with E-state index < -0.39 is 5.79 Å². The normalized spacial score (nSPS) is 20.4. The molecule has 5 rings (SSSR count). The van der Waals surface area contributed by atoms with Crippen molar-refractivity contribution in [2.75, 3.05) is 33.1 Å². The topological polar surface area (TPSA) is 75.1 Å². The molecule has 0 N–H and O–H groups in total. The van der Waals surface area contributed by atoms with Crippen LogP contribution in [0.25, 0.3) is 11.3 Å². The van der Waals surface area contributed by atoms with Crippen molar-refractivity contribution in [3.05, 3.63) is 30.0 Å². The van der Waals surface area contributed by atoms with E-state index in [4.69, 9.17) is 18.9 Å². The molecule has 0 radical (unpaired) electrons. The van der Waals surface area contributed by atoms with Gasteiger partial charge in [-0.3, -0.25) is 9.48 Å². The van der Waals surface area contributed by atoms with Crippen LogP contribution < -0.4 is 9.47 Å². The molecule has 1 spiro atoms. The third-order valence-corrected chi connectivity index (χ3v) is 5.39. The zero-order chi connectivity index (χ0) is 18.4. The predicted octanol–water partition coefficient (Wildman–Crippen LogP) is 1.79. The van der Waals surface area contributed by atoms with E-state index in [9.17, 15) is 4.79 Å². The Bertz CT molecular complexity index is 877. The first-order valence-corrected chi connectivity index (χ1v) is 9.15. The minimum Gasteiger partial charge on any atom is -0.454 e. The second-order valence-corrected chi connectivity index (χ2v) is 7.01. The number of hydrogen-bond donors (Lipinski definition) is 0. The SMILES string of the molecule is Cn1nc(C(=O)N2CCC3(CC2)OCCO3)cc1-c1ccc2c(c1)OCO2. The number of hydrogen-bond acceptors (Lipinski definition) is 6. The summed E-state index contributed by atoms with van der Waals surface area (Å²) in [6.07, 6.45) is 1.39. The molecule has 0 aliphatic carbocycles. The Morgan fingerprint density at radius 1 is 1.07 bits per heavy atom. The van der Waals surface area contributed by atoms with Gasteiger partial charge in [-0.25, -0.2) is 0 Å². The van der Waals surface area contributed by atoms with Crippen molar-refractivity contribution >= 4 is 5.91 Å². The largest absolute Gasteiger partial charge is 0.454 e. The standard InChI is InChI=1S/C19H21N3O5/c1-21-15(13-2-3-16-17(10-13)25-12-24-16)11-14(20-21)18(23)22-6-4-19(5-7-22)26-8-9-27-19/h2-3,10-11H,4-9,12H2,1H3. The maximum absolute atomic E-state index is 12.9. The molecule has 1 aromatic heterocycles. The first-order chi connectivity index (χ1) is 13.1. The molecule has 2 aromatic rings. The zero-order valence-corrected chi connectivity index (χ0v) is 15.1.